The number of nitrogens with zero attached hydrogens (tertiary/aromatic N) is 2. The number of amides is 1. The Kier molecular flexibility index (Phi) is 8.10. The van der Waals surface area contributed by atoms with Crippen LogP contribution in [0.5, 0.6) is 0 Å². The van der Waals surface area contributed by atoms with Gasteiger partial charge in [-0.3, -0.25) is 14.5 Å². The van der Waals surface area contributed by atoms with Gasteiger partial charge in [0.1, 0.15) is 6.29 Å². The van der Waals surface area contributed by atoms with Crippen LogP contribution in [-0.2, 0) is 19.1 Å². The van der Waals surface area contributed by atoms with Gasteiger partial charge >= 0.3 is 0 Å². The molecule has 0 aromatic rings. The Bertz CT molecular complexity index is 407. The summed E-state index contributed by atoms with van der Waals surface area (Å²) in [5, 5.41) is 9.73. The molecule has 0 bridgehead atoms. The number of aliphatic hydroxyl groups is 1. The Morgan fingerprint density at radius 1 is 1.55 bits per heavy atom. The summed E-state index contributed by atoms with van der Waals surface area (Å²) in [6.45, 7) is 4.26. The Morgan fingerprint density at radius 2 is 2.23 bits per heavy atom. The molecule has 1 amide bonds. The fourth-order valence-corrected chi connectivity index (χ4v) is 2.81. The number of ether oxygens (including phenoxy) is 1. The highest BCUT2D eigenvalue weighted by Crippen LogP contribution is 2.20. The van der Waals surface area contributed by atoms with Crippen LogP contribution >= 0.6 is 9.24 Å². The highest BCUT2D eigenvalue weighted by Gasteiger charge is 2.39. The first-order valence-electron chi connectivity index (χ1n) is 7.36. The van der Waals surface area contributed by atoms with E-state index in [0.717, 1.165) is 6.29 Å². The predicted octanol–water partition coefficient (Wildman–Crippen LogP) is -0.724. The molecule has 22 heavy (non-hydrogen) atoms. The van der Waals surface area contributed by atoms with Crippen molar-refractivity contribution in [3.63, 3.8) is 0 Å². The van der Waals surface area contributed by atoms with Crippen molar-refractivity contribution in [3.05, 3.63) is 0 Å². The summed E-state index contributed by atoms with van der Waals surface area (Å²) in [6.07, 6.45) is 0.829. The van der Waals surface area contributed by atoms with Gasteiger partial charge in [-0.1, -0.05) is 0 Å². The quantitative estimate of drug-likeness (QED) is 0.340. The van der Waals surface area contributed by atoms with Gasteiger partial charge in [0.2, 0.25) is 5.91 Å². The van der Waals surface area contributed by atoms with Gasteiger partial charge in [-0.05, 0) is 13.8 Å². The SMILES string of the molecule is CC(=O)[C@@H]1C[C@@H](O)CN1C(=O)C(C)N(CC=O)CCOCP. The zero-order valence-corrected chi connectivity index (χ0v) is 14.3. The number of hydrogen-bond donors (Lipinski definition) is 1. The fraction of sp³-hybridized carbons (Fsp3) is 0.786. The summed E-state index contributed by atoms with van der Waals surface area (Å²) in [5.74, 6) is -0.380. The maximum absolute atomic E-state index is 12.6. The molecule has 1 rings (SSSR count). The number of likely N-dealkylation sites (tertiary alicyclic amines) is 1. The first kappa shape index (κ1) is 19.2. The Hall–Kier alpha value is -0.880. The van der Waals surface area contributed by atoms with E-state index in [1.54, 1.807) is 11.8 Å². The summed E-state index contributed by atoms with van der Waals surface area (Å²) in [6, 6.07) is -1.13. The third-order valence-electron chi connectivity index (χ3n) is 3.89. The molecule has 0 radical (unpaired) electrons. The van der Waals surface area contributed by atoms with E-state index in [1.807, 2.05) is 0 Å². The first-order valence-corrected chi connectivity index (χ1v) is 8.18. The lowest BCUT2D eigenvalue weighted by Crippen LogP contribution is -2.51. The number of hydrogen-bond acceptors (Lipinski definition) is 6. The molecule has 1 aliphatic rings. The summed E-state index contributed by atoms with van der Waals surface area (Å²) >= 11 is 0. The minimum Gasteiger partial charge on any atom is -0.391 e. The van der Waals surface area contributed by atoms with Crippen LogP contribution in [0.4, 0.5) is 0 Å². The molecule has 0 aromatic heterocycles. The van der Waals surface area contributed by atoms with Crippen LogP contribution < -0.4 is 0 Å². The van der Waals surface area contributed by atoms with Crippen molar-refractivity contribution in [1.29, 1.82) is 0 Å². The molecule has 0 aliphatic carbocycles. The van der Waals surface area contributed by atoms with Gasteiger partial charge in [0, 0.05) is 19.5 Å². The van der Waals surface area contributed by atoms with E-state index in [2.05, 4.69) is 9.24 Å². The maximum Gasteiger partial charge on any atom is 0.240 e. The molecule has 1 fully saturated rings. The molecular weight excluding hydrogens is 307 g/mol. The van der Waals surface area contributed by atoms with Gasteiger partial charge in [0.25, 0.3) is 0 Å². The van der Waals surface area contributed by atoms with E-state index >= 15 is 0 Å². The molecule has 1 heterocycles. The molecule has 8 heteroatoms. The van der Waals surface area contributed by atoms with Gasteiger partial charge in [-0.2, -0.15) is 0 Å². The number of rotatable bonds is 9. The second-order valence-electron chi connectivity index (χ2n) is 5.42. The third-order valence-corrected chi connectivity index (χ3v) is 4.12. The minimum absolute atomic E-state index is 0.119. The van der Waals surface area contributed by atoms with Crippen molar-refractivity contribution in [2.75, 3.05) is 32.6 Å². The molecule has 7 nitrogen and oxygen atoms in total. The molecule has 4 atom stereocenters. The highest BCUT2D eigenvalue weighted by molar-refractivity contribution is 7.16. The van der Waals surface area contributed by atoms with Gasteiger partial charge in [0.05, 0.1) is 37.7 Å². The van der Waals surface area contributed by atoms with Crippen LogP contribution in [0.3, 0.4) is 0 Å². The van der Waals surface area contributed by atoms with Gasteiger partial charge in [-0.25, -0.2) is 0 Å². The van der Waals surface area contributed by atoms with Gasteiger partial charge < -0.3 is 19.5 Å². The van der Waals surface area contributed by atoms with Crippen molar-refractivity contribution in [1.82, 2.24) is 9.80 Å². The Morgan fingerprint density at radius 3 is 2.77 bits per heavy atom. The van der Waals surface area contributed by atoms with Crippen molar-refractivity contribution >= 4 is 27.2 Å². The van der Waals surface area contributed by atoms with Gasteiger partial charge in [-0.15, -0.1) is 9.24 Å². The number of aliphatic hydroxyl groups excluding tert-OH is 1. The summed E-state index contributed by atoms with van der Waals surface area (Å²) in [7, 11) is 2.44. The maximum atomic E-state index is 12.6. The Balaban J connectivity index is 2.74. The summed E-state index contributed by atoms with van der Waals surface area (Å²) in [5.41, 5.74) is 0. The van der Waals surface area contributed by atoms with E-state index in [9.17, 15) is 19.5 Å². The van der Waals surface area contributed by atoms with E-state index in [1.165, 1.54) is 11.8 Å². The molecule has 1 aliphatic heterocycles. The third kappa shape index (κ3) is 5.09. The van der Waals surface area contributed by atoms with E-state index < -0.39 is 18.2 Å². The lowest BCUT2D eigenvalue weighted by molar-refractivity contribution is -0.141. The number of Topliss-reactive ketones (excluding diaryl/α,β-unsaturated/α-hetero) is 1. The molecule has 2 unspecified atom stereocenters. The average Bonchev–Trinajstić information content (AvgIpc) is 2.87. The molecule has 0 spiro atoms. The average molecular weight is 332 g/mol. The lowest BCUT2D eigenvalue weighted by Gasteiger charge is -2.31. The largest absolute Gasteiger partial charge is 0.391 e. The number of carbonyl (C=O) groups excluding carboxylic acids is 3. The summed E-state index contributed by atoms with van der Waals surface area (Å²) < 4.78 is 5.23. The number of carbonyl (C=O) groups is 3. The van der Waals surface area contributed by atoms with E-state index in [4.69, 9.17) is 4.74 Å². The highest BCUT2D eigenvalue weighted by atomic mass is 31.0. The van der Waals surface area contributed by atoms with Crippen molar-refractivity contribution in [2.24, 2.45) is 0 Å². The molecule has 0 aromatic carbocycles. The first-order chi connectivity index (χ1) is 10.4. The van der Waals surface area contributed by atoms with Crippen molar-refractivity contribution in [2.45, 2.75) is 38.5 Å². The van der Waals surface area contributed by atoms with E-state index in [0.29, 0.717) is 19.5 Å². The second-order valence-corrected chi connectivity index (χ2v) is 5.75. The lowest BCUT2D eigenvalue weighted by atomic mass is 10.1. The smallest absolute Gasteiger partial charge is 0.240 e. The van der Waals surface area contributed by atoms with Crippen molar-refractivity contribution in [3.8, 4) is 0 Å². The van der Waals surface area contributed by atoms with Crippen LogP contribution in [0, 0.1) is 0 Å². The van der Waals surface area contributed by atoms with Crippen molar-refractivity contribution < 1.29 is 24.2 Å². The van der Waals surface area contributed by atoms with Crippen LogP contribution in [0.1, 0.15) is 20.3 Å². The number of β-amino-alcohol motifs (C(OH)–C–C–N with tert-alkyl or cyclic N) is 1. The Labute approximate surface area is 133 Å². The molecule has 126 valence electrons. The monoisotopic (exact) mass is 332 g/mol. The molecular formula is C14H25N2O5P. The normalized spacial score (nSPS) is 22.9. The molecule has 0 saturated carbocycles. The minimum atomic E-state index is -0.676. The van der Waals surface area contributed by atoms with E-state index in [-0.39, 0.29) is 31.2 Å². The second kappa shape index (κ2) is 9.30. The standard InChI is InChI=1S/C14H25N2O5P/c1-10(15(3-5-17)4-6-21-9-22)14(20)16-8-12(19)7-13(16)11(2)18/h5,10,12-13,19H,3-4,6-9,22H2,1-2H3/t10?,12-,13+/m1/s1. The zero-order valence-electron chi connectivity index (χ0n) is 13.1. The van der Waals surface area contributed by atoms with Gasteiger partial charge in [0.15, 0.2) is 5.78 Å². The fourth-order valence-electron chi connectivity index (χ4n) is 2.64. The predicted molar refractivity (Wildman–Crippen MR) is 84.4 cm³/mol. The number of aldehydes is 1. The topological polar surface area (TPSA) is 87.2 Å². The van der Waals surface area contributed by atoms with Crippen LogP contribution in [0.2, 0.25) is 0 Å². The molecule has 1 N–H and O–H groups in total. The zero-order chi connectivity index (χ0) is 16.7. The van der Waals surface area contributed by atoms with Crippen LogP contribution in [0.25, 0.3) is 0 Å². The number of ketones is 1. The van der Waals surface area contributed by atoms with Crippen LogP contribution in [0.15, 0.2) is 0 Å². The molecule has 1 saturated heterocycles. The van der Waals surface area contributed by atoms with Crippen LogP contribution in [-0.4, -0.2) is 83.7 Å². The summed E-state index contributed by atoms with van der Waals surface area (Å²) in [4.78, 5) is 38.2.